The molecule has 2 N–H and O–H groups in total. The van der Waals surface area contributed by atoms with Gasteiger partial charge in [-0.25, -0.2) is 0 Å². The summed E-state index contributed by atoms with van der Waals surface area (Å²) in [5.74, 6) is 0.620. The fourth-order valence-corrected chi connectivity index (χ4v) is 3.15. The second-order valence-electron chi connectivity index (χ2n) is 4.79. The van der Waals surface area contributed by atoms with E-state index in [1.165, 1.54) is 28.8 Å². The second kappa shape index (κ2) is 6.10. The molecule has 3 rings (SSSR count). The van der Waals surface area contributed by atoms with Crippen molar-refractivity contribution in [2.45, 2.75) is 12.8 Å². The summed E-state index contributed by atoms with van der Waals surface area (Å²) in [6, 6.07) is 1.84. The molecule has 2 aromatic rings. The number of nitrogens with zero attached hydrogens (tertiary/aromatic N) is 4. The van der Waals surface area contributed by atoms with Gasteiger partial charge in [0.15, 0.2) is 0 Å². The summed E-state index contributed by atoms with van der Waals surface area (Å²) in [5, 5.41) is 19.2. The Balaban J connectivity index is 1.58. The van der Waals surface area contributed by atoms with E-state index in [1.54, 1.807) is 0 Å². The molecule has 0 aliphatic carbocycles. The van der Waals surface area contributed by atoms with Gasteiger partial charge in [-0.3, -0.25) is 4.79 Å². The van der Waals surface area contributed by atoms with Crippen molar-refractivity contribution in [1.29, 1.82) is 0 Å². The largest absolute Gasteiger partial charge is 0.351 e. The Morgan fingerprint density at radius 1 is 1.60 bits per heavy atom. The molecule has 3 heterocycles. The van der Waals surface area contributed by atoms with Gasteiger partial charge in [-0.2, -0.15) is 4.68 Å². The van der Waals surface area contributed by atoms with E-state index >= 15 is 0 Å². The Morgan fingerprint density at radius 2 is 2.55 bits per heavy atom. The number of hydrogen-bond donors (Lipinski definition) is 2. The lowest BCUT2D eigenvalue weighted by Gasteiger charge is -2.09. The number of nitrogens with one attached hydrogen (secondary N) is 2. The van der Waals surface area contributed by atoms with Crippen LogP contribution in [0.25, 0.3) is 5.69 Å². The van der Waals surface area contributed by atoms with E-state index in [2.05, 4.69) is 26.2 Å². The van der Waals surface area contributed by atoms with Crippen molar-refractivity contribution in [3.63, 3.8) is 0 Å². The highest BCUT2D eigenvalue weighted by Crippen LogP contribution is 2.20. The standard InChI is InChI=1S/C12H16N6OS/c19-12(14-5-2-9-1-4-13-7-9)11-10(3-6-20-11)18-8-15-16-17-18/h3,6,8-9,13H,1-2,4-5,7H2,(H,14,19). The zero-order chi connectivity index (χ0) is 13.8. The monoisotopic (exact) mass is 292 g/mol. The summed E-state index contributed by atoms with van der Waals surface area (Å²) in [6.07, 6.45) is 3.71. The van der Waals surface area contributed by atoms with E-state index in [-0.39, 0.29) is 5.91 Å². The molecule has 0 radical (unpaired) electrons. The Labute approximate surface area is 120 Å². The molecular formula is C12H16N6OS. The van der Waals surface area contributed by atoms with E-state index in [9.17, 15) is 4.79 Å². The number of aromatic nitrogens is 4. The SMILES string of the molecule is O=C(NCCC1CCNC1)c1sccc1-n1cnnn1. The first kappa shape index (κ1) is 13.2. The Hall–Kier alpha value is -1.80. The average Bonchev–Trinajstić information content (AvgIpc) is 3.19. The number of hydrogen-bond acceptors (Lipinski definition) is 6. The highest BCUT2D eigenvalue weighted by Gasteiger charge is 2.17. The van der Waals surface area contributed by atoms with Crippen LogP contribution in [-0.2, 0) is 0 Å². The normalized spacial score (nSPS) is 18.3. The highest BCUT2D eigenvalue weighted by atomic mass is 32.1. The quantitative estimate of drug-likeness (QED) is 0.836. The van der Waals surface area contributed by atoms with Crippen LogP contribution in [0.5, 0.6) is 0 Å². The molecule has 1 atom stereocenters. The molecule has 1 saturated heterocycles. The van der Waals surface area contributed by atoms with Gasteiger partial charge >= 0.3 is 0 Å². The minimum atomic E-state index is -0.0588. The van der Waals surface area contributed by atoms with E-state index in [4.69, 9.17) is 0 Å². The smallest absolute Gasteiger partial charge is 0.263 e. The van der Waals surface area contributed by atoms with Gasteiger partial charge in [0, 0.05) is 6.54 Å². The summed E-state index contributed by atoms with van der Waals surface area (Å²) in [5.41, 5.74) is 0.722. The van der Waals surface area contributed by atoms with E-state index in [0.29, 0.717) is 17.3 Å². The van der Waals surface area contributed by atoms with Gasteiger partial charge in [-0.15, -0.1) is 16.4 Å². The Kier molecular flexibility index (Phi) is 4.03. The molecule has 1 fully saturated rings. The molecule has 0 aromatic carbocycles. The first-order chi connectivity index (χ1) is 9.84. The maximum absolute atomic E-state index is 12.2. The lowest BCUT2D eigenvalue weighted by atomic mass is 10.1. The molecule has 0 bridgehead atoms. The zero-order valence-corrected chi connectivity index (χ0v) is 11.8. The first-order valence-corrected chi connectivity index (χ1v) is 7.52. The van der Waals surface area contributed by atoms with E-state index in [1.807, 2.05) is 11.4 Å². The van der Waals surface area contributed by atoms with Gasteiger partial charge in [0.1, 0.15) is 11.2 Å². The predicted octanol–water partition coefficient (Wildman–Crippen LogP) is 0.453. The number of amides is 1. The van der Waals surface area contributed by atoms with Crippen LogP contribution < -0.4 is 10.6 Å². The summed E-state index contributed by atoms with van der Waals surface area (Å²) in [4.78, 5) is 12.8. The number of carbonyl (C=O) groups is 1. The van der Waals surface area contributed by atoms with Gasteiger partial charge in [-0.1, -0.05) is 0 Å². The third-order valence-electron chi connectivity index (χ3n) is 3.45. The molecule has 0 spiro atoms. The number of thiophene rings is 1. The lowest BCUT2D eigenvalue weighted by molar-refractivity contribution is 0.0955. The number of rotatable bonds is 5. The van der Waals surface area contributed by atoms with Crippen LogP contribution >= 0.6 is 11.3 Å². The number of tetrazole rings is 1. The molecular weight excluding hydrogens is 276 g/mol. The van der Waals surface area contributed by atoms with Crippen LogP contribution in [0.2, 0.25) is 0 Å². The molecule has 2 aromatic heterocycles. The summed E-state index contributed by atoms with van der Waals surface area (Å²) in [6.45, 7) is 2.86. The maximum atomic E-state index is 12.2. The molecule has 8 heteroatoms. The van der Waals surface area contributed by atoms with Crippen molar-refractivity contribution < 1.29 is 4.79 Å². The zero-order valence-electron chi connectivity index (χ0n) is 11.0. The summed E-state index contributed by atoms with van der Waals surface area (Å²) < 4.78 is 1.51. The van der Waals surface area contributed by atoms with Gasteiger partial charge in [-0.05, 0) is 53.7 Å². The molecule has 1 aliphatic rings. The third-order valence-corrected chi connectivity index (χ3v) is 4.35. The molecule has 1 amide bonds. The first-order valence-electron chi connectivity index (χ1n) is 6.64. The minimum Gasteiger partial charge on any atom is -0.351 e. The van der Waals surface area contributed by atoms with Crippen molar-refractivity contribution in [2.75, 3.05) is 19.6 Å². The Bertz CT molecular complexity index is 560. The van der Waals surface area contributed by atoms with Crippen LogP contribution in [0.4, 0.5) is 0 Å². The molecule has 1 aliphatic heterocycles. The van der Waals surface area contributed by atoms with E-state index in [0.717, 1.165) is 25.2 Å². The van der Waals surface area contributed by atoms with E-state index < -0.39 is 0 Å². The van der Waals surface area contributed by atoms with Gasteiger partial charge in [0.05, 0.1) is 5.69 Å². The third kappa shape index (κ3) is 2.86. The molecule has 1 unspecified atom stereocenters. The highest BCUT2D eigenvalue weighted by molar-refractivity contribution is 7.12. The van der Waals surface area contributed by atoms with Gasteiger partial charge in [0.2, 0.25) is 0 Å². The summed E-state index contributed by atoms with van der Waals surface area (Å²) >= 11 is 1.40. The fourth-order valence-electron chi connectivity index (χ4n) is 2.36. The van der Waals surface area contributed by atoms with Crippen molar-refractivity contribution in [3.05, 3.63) is 22.7 Å². The molecule has 7 nitrogen and oxygen atoms in total. The van der Waals surface area contributed by atoms with Gasteiger partial charge < -0.3 is 10.6 Å². The van der Waals surface area contributed by atoms with Crippen LogP contribution in [0.15, 0.2) is 17.8 Å². The van der Waals surface area contributed by atoms with Crippen molar-refractivity contribution in [2.24, 2.45) is 5.92 Å². The predicted molar refractivity (Wildman–Crippen MR) is 75.0 cm³/mol. The van der Waals surface area contributed by atoms with Crippen LogP contribution in [0.3, 0.4) is 0 Å². The Morgan fingerprint density at radius 3 is 3.30 bits per heavy atom. The molecule has 20 heavy (non-hydrogen) atoms. The van der Waals surface area contributed by atoms with Crippen LogP contribution in [0.1, 0.15) is 22.5 Å². The minimum absolute atomic E-state index is 0.0588. The lowest BCUT2D eigenvalue weighted by Crippen LogP contribution is -2.26. The molecule has 106 valence electrons. The van der Waals surface area contributed by atoms with Crippen molar-refractivity contribution in [1.82, 2.24) is 30.8 Å². The fraction of sp³-hybridized carbons (Fsp3) is 0.500. The van der Waals surface area contributed by atoms with Gasteiger partial charge in [0.25, 0.3) is 5.91 Å². The van der Waals surface area contributed by atoms with Crippen LogP contribution in [0, 0.1) is 5.92 Å². The topological polar surface area (TPSA) is 84.7 Å². The van der Waals surface area contributed by atoms with Crippen LogP contribution in [-0.4, -0.2) is 45.7 Å². The van der Waals surface area contributed by atoms with Crippen molar-refractivity contribution >= 4 is 17.2 Å². The van der Waals surface area contributed by atoms with Crippen molar-refractivity contribution in [3.8, 4) is 5.69 Å². The maximum Gasteiger partial charge on any atom is 0.263 e. The summed E-state index contributed by atoms with van der Waals surface area (Å²) in [7, 11) is 0. The average molecular weight is 292 g/mol. The molecule has 0 saturated carbocycles. The number of carbonyl (C=O) groups excluding carboxylic acids is 1. The second-order valence-corrected chi connectivity index (χ2v) is 5.71.